The van der Waals surface area contributed by atoms with Crippen LogP contribution in [0.4, 0.5) is 0 Å². The van der Waals surface area contributed by atoms with Crippen LogP contribution < -0.4 is 9.47 Å². The zero-order valence-corrected chi connectivity index (χ0v) is 26.0. The third-order valence-electron chi connectivity index (χ3n) is 7.47. The summed E-state index contributed by atoms with van der Waals surface area (Å²) in [4.78, 5) is 11.4. The van der Waals surface area contributed by atoms with Crippen LogP contribution in [0.3, 0.4) is 0 Å². The fraction of sp³-hybridized carbons (Fsp3) is 0.553. The maximum absolute atomic E-state index is 11.4. The second-order valence-corrected chi connectivity index (χ2v) is 13.9. The molecule has 0 spiro atoms. The Bertz CT molecular complexity index is 1160. The van der Waals surface area contributed by atoms with E-state index >= 15 is 0 Å². The van der Waals surface area contributed by atoms with Crippen LogP contribution in [0.1, 0.15) is 116 Å². The Morgan fingerprint density at radius 2 is 1.24 bits per heavy atom. The summed E-state index contributed by atoms with van der Waals surface area (Å²) in [5.74, 6) is 2.07. The summed E-state index contributed by atoms with van der Waals surface area (Å²) in [6.07, 6.45) is 14.5. The molecule has 41 heavy (non-hydrogen) atoms. The van der Waals surface area contributed by atoms with Crippen LogP contribution in [0.2, 0.25) is 0 Å². The third-order valence-corrected chi connectivity index (χ3v) is 7.47. The number of ether oxygens (including phenoxy) is 2. The Morgan fingerprint density at radius 1 is 0.683 bits per heavy atom. The summed E-state index contributed by atoms with van der Waals surface area (Å²) < 4.78 is 11.7. The minimum atomic E-state index is 0. The summed E-state index contributed by atoms with van der Waals surface area (Å²) >= 11 is 0. The van der Waals surface area contributed by atoms with Gasteiger partial charge in [0.05, 0.1) is 13.2 Å². The molecular weight excluding hydrogens is 504 g/mol. The van der Waals surface area contributed by atoms with Crippen molar-refractivity contribution in [2.75, 3.05) is 13.2 Å². The molecule has 2 aromatic carbocycles. The molecule has 0 fully saturated rings. The van der Waals surface area contributed by atoms with Crippen LogP contribution in [-0.4, -0.2) is 19.0 Å². The first-order valence-electron chi connectivity index (χ1n) is 15.3. The number of unbranched alkanes of at least 4 members (excludes halogenated alkanes) is 2. The van der Waals surface area contributed by atoms with Crippen LogP contribution in [0, 0.1) is 10.8 Å². The van der Waals surface area contributed by atoms with Crippen molar-refractivity contribution >= 4 is 11.9 Å². The van der Waals surface area contributed by atoms with Gasteiger partial charge < -0.3 is 9.47 Å². The van der Waals surface area contributed by atoms with Gasteiger partial charge in [-0.2, -0.15) is 0 Å². The summed E-state index contributed by atoms with van der Waals surface area (Å²) in [6.45, 7) is 19.4. The molecule has 2 aliphatic rings. The van der Waals surface area contributed by atoms with Crippen molar-refractivity contribution in [3.8, 4) is 11.5 Å². The molecule has 0 saturated carbocycles. The lowest BCUT2D eigenvalue weighted by molar-refractivity contribution is -0.114. The van der Waals surface area contributed by atoms with Gasteiger partial charge in [0.2, 0.25) is 0 Å². The Kier molecular flexibility index (Phi) is 13.4. The fourth-order valence-corrected chi connectivity index (χ4v) is 5.08. The zero-order chi connectivity index (χ0) is 29.2. The quantitative estimate of drug-likeness (QED) is 0.214. The summed E-state index contributed by atoms with van der Waals surface area (Å²) in [5.41, 5.74) is 7.27. The number of hydrogen-bond acceptors (Lipinski definition) is 3. The lowest BCUT2D eigenvalue weighted by Gasteiger charge is -2.19. The maximum atomic E-state index is 11.4. The number of ketones is 1. The molecule has 0 aromatic heterocycles. The molecule has 2 aromatic rings. The van der Waals surface area contributed by atoms with Gasteiger partial charge in [-0.25, -0.2) is 0 Å². The lowest BCUT2D eigenvalue weighted by Crippen LogP contribution is -2.07. The topological polar surface area (TPSA) is 35.5 Å². The van der Waals surface area contributed by atoms with Gasteiger partial charge in [0.1, 0.15) is 11.5 Å². The molecule has 0 atom stereocenters. The highest BCUT2D eigenvalue weighted by Crippen LogP contribution is 2.28. The van der Waals surface area contributed by atoms with Crippen LogP contribution in [0.15, 0.2) is 54.6 Å². The molecule has 0 amide bonds. The van der Waals surface area contributed by atoms with Crippen LogP contribution in [0.5, 0.6) is 11.5 Å². The van der Waals surface area contributed by atoms with Crippen molar-refractivity contribution in [2.45, 2.75) is 113 Å². The Morgan fingerprint density at radius 3 is 1.83 bits per heavy atom. The maximum Gasteiger partial charge on any atom is 0.160 e. The number of benzene rings is 2. The second-order valence-electron chi connectivity index (χ2n) is 13.9. The first-order valence-corrected chi connectivity index (χ1v) is 15.3. The SMILES string of the molecule is C.C=C1CCc2ccc(OCCCCC(C)(C)C)cc2C1.CC(C)(C)CCCCOc1ccc2c(c1)CC(=O)C=C2. The van der Waals surface area contributed by atoms with E-state index in [0.29, 0.717) is 17.3 Å². The number of fused-ring (bicyclic) bond motifs is 2. The number of aryl methyl sites for hydroxylation is 1. The average molecular weight is 561 g/mol. The Labute approximate surface area is 251 Å². The smallest absolute Gasteiger partial charge is 0.160 e. The Hall–Kier alpha value is -2.81. The van der Waals surface area contributed by atoms with E-state index in [9.17, 15) is 4.79 Å². The summed E-state index contributed by atoms with van der Waals surface area (Å²) in [5, 5.41) is 0. The molecule has 0 aliphatic heterocycles. The zero-order valence-electron chi connectivity index (χ0n) is 26.0. The van der Waals surface area contributed by atoms with E-state index in [2.05, 4.69) is 66.3 Å². The number of hydrogen-bond donors (Lipinski definition) is 0. The number of rotatable bonds is 10. The largest absolute Gasteiger partial charge is 0.494 e. The van der Waals surface area contributed by atoms with Gasteiger partial charge >= 0.3 is 0 Å². The van der Waals surface area contributed by atoms with E-state index in [4.69, 9.17) is 9.47 Å². The highest BCUT2D eigenvalue weighted by atomic mass is 16.5. The highest BCUT2D eigenvalue weighted by Gasteiger charge is 2.14. The summed E-state index contributed by atoms with van der Waals surface area (Å²) in [6, 6.07) is 12.6. The van der Waals surface area contributed by atoms with Crippen molar-refractivity contribution in [2.24, 2.45) is 10.8 Å². The molecular formula is C38H56O3. The van der Waals surface area contributed by atoms with Crippen LogP contribution >= 0.6 is 0 Å². The highest BCUT2D eigenvalue weighted by molar-refractivity contribution is 5.98. The van der Waals surface area contributed by atoms with E-state index in [0.717, 1.165) is 67.9 Å². The standard InChI is InChI=1S/C19H28O.C18H24O2.CH4/c1-15-7-8-16-9-10-18(14-17(16)13-15)20-12-6-5-11-19(2,3)4;1-18(2,3)10-4-5-11-20-17-9-7-14-6-8-16(19)12-15(14)13-17;/h9-10,14H,1,5-8,11-13H2,2-4H3;6-9,13H,4-5,10-12H2,1-3H3;1H4. The molecule has 226 valence electrons. The van der Waals surface area contributed by atoms with Crippen molar-refractivity contribution < 1.29 is 14.3 Å². The predicted molar refractivity (Wildman–Crippen MR) is 176 cm³/mol. The third kappa shape index (κ3) is 13.1. The van der Waals surface area contributed by atoms with Gasteiger partial charge in [-0.3, -0.25) is 4.79 Å². The first kappa shape index (κ1) is 34.4. The van der Waals surface area contributed by atoms with Crippen molar-refractivity contribution in [1.82, 2.24) is 0 Å². The molecule has 0 radical (unpaired) electrons. The monoisotopic (exact) mass is 560 g/mol. The fourth-order valence-electron chi connectivity index (χ4n) is 5.08. The van der Waals surface area contributed by atoms with Gasteiger partial charge in [-0.15, -0.1) is 0 Å². The van der Waals surface area contributed by atoms with E-state index in [1.54, 1.807) is 6.08 Å². The molecule has 0 N–H and O–H groups in total. The lowest BCUT2D eigenvalue weighted by atomic mass is 9.89. The molecule has 2 aliphatic carbocycles. The average Bonchev–Trinajstić information content (AvgIpc) is 2.87. The van der Waals surface area contributed by atoms with Gasteiger partial charge in [-0.05, 0) is 121 Å². The van der Waals surface area contributed by atoms with E-state index in [-0.39, 0.29) is 13.2 Å². The molecule has 3 nitrogen and oxygen atoms in total. The van der Waals surface area contributed by atoms with E-state index in [1.165, 1.54) is 42.4 Å². The van der Waals surface area contributed by atoms with Crippen LogP contribution in [0.25, 0.3) is 6.08 Å². The molecule has 0 unspecified atom stereocenters. The van der Waals surface area contributed by atoms with Crippen molar-refractivity contribution in [1.29, 1.82) is 0 Å². The number of carbonyl (C=O) groups excluding carboxylic acids is 1. The molecule has 3 heteroatoms. The Balaban J connectivity index is 0.000000280. The van der Waals surface area contributed by atoms with Gasteiger partial charge in [0.25, 0.3) is 0 Å². The van der Waals surface area contributed by atoms with Crippen molar-refractivity contribution in [3.63, 3.8) is 0 Å². The molecule has 0 heterocycles. The first-order chi connectivity index (χ1) is 18.9. The second kappa shape index (κ2) is 16.0. The molecule has 0 bridgehead atoms. The van der Waals surface area contributed by atoms with E-state index in [1.807, 2.05) is 24.3 Å². The van der Waals surface area contributed by atoms with Gasteiger partial charge in [0.15, 0.2) is 5.78 Å². The minimum absolute atomic E-state index is 0. The number of allylic oxidation sites excluding steroid dienone is 2. The minimum Gasteiger partial charge on any atom is -0.494 e. The van der Waals surface area contributed by atoms with Crippen molar-refractivity contribution in [3.05, 3.63) is 76.9 Å². The predicted octanol–water partition coefficient (Wildman–Crippen LogP) is 10.4. The molecule has 0 saturated heterocycles. The van der Waals surface area contributed by atoms with Gasteiger partial charge in [0, 0.05) is 6.42 Å². The number of carbonyl (C=O) groups is 1. The van der Waals surface area contributed by atoms with E-state index < -0.39 is 0 Å². The molecule has 4 rings (SSSR count). The van der Waals surface area contributed by atoms with Crippen LogP contribution in [-0.2, 0) is 24.1 Å². The normalized spacial score (nSPS) is 14.3. The summed E-state index contributed by atoms with van der Waals surface area (Å²) in [7, 11) is 0. The van der Waals surface area contributed by atoms with Gasteiger partial charge in [-0.1, -0.05) is 79.3 Å².